The third-order valence-electron chi connectivity index (χ3n) is 7.11. The first-order chi connectivity index (χ1) is 17.6. The second-order valence-corrected chi connectivity index (χ2v) is 9.81. The molecule has 3 aromatic carbocycles. The van der Waals surface area contributed by atoms with Gasteiger partial charge in [0.2, 0.25) is 11.9 Å². The van der Waals surface area contributed by atoms with E-state index in [1.165, 1.54) is 11.6 Å². The zero-order valence-corrected chi connectivity index (χ0v) is 20.7. The van der Waals surface area contributed by atoms with Gasteiger partial charge in [-0.15, -0.1) is 0 Å². The molecule has 1 amide bonds. The van der Waals surface area contributed by atoms with Crippen LogP contribution in [0.4, 0.5) is 10.3 Å². The van der Waals surface area contributed by atoms with E-state index in [9.17, 15) is 9.18 Å². The Morgan fingerprint density at radius 3 is 2.50 bits per heavy atom. The normalized spacial score (nSPS) is 15.2. The number of piperidine rings is 1. The Morgan fingerprint density at radius 1 is 1.00 bits per heavy atom. The minimum Gasteiger partial charge on any atom is -0.353 e. The van der Waals surface area contributed by atoms with Crippen molar-refractivity contribution in [1.29, 1.82) is 0 Å². The molecule has 5 rings (SSSR count). The maximum Gasteiger partial charge on any atom is 0.223 e. The summed E-state index contributed by atoms with van der Waals surface area (Å²) in [5.74, 6) is 0.823. The lowest BCUT2D eigenvalue weighted by Gasteiger charge is -2.33. The van der Waals surface area contributed by atoms with Gasteiger partial charge in [0, 0.05) is 25.0 Å². The summed E-state index contributed by atoms with van der Waals surface area (Å²) in [4.78, 5) is 20.1. The average Bonchev–Trinajstić information content (AvgIpc) is 3.26. The molecule has 0 bridgehead atoms. The molecule has 2 heterocycles. The summed E-state index contributed by atoms with van der Waals surface area (Å²) in [6.45, 7) is 4.17. The van der Waals surface area contributed by atoms with Crippen molar-refractivity contribution >= 4 is 22.9 Å². The third-order valence-corrected chi connectivity index (χ3v) is 7.11. The topological polar surface area (TPSA) is 50.2 Å². The largest absolute Gasteiger partial charge is 0.353 e. The van der Waals surface area contributed by atoms with E-state index in [1.807, 2.05) is 30.3 Å². The van der Waals surface area contributed by atoms with Crippen LogP contribution < -0.4 is 10.2 Å². The van der Waals surface area contributed by atoms with Crippen molar-refractivity contribution in [2.45, 2.75) is 45.2 Å². The van der Waals surface area contributed by atoms with Crippen LogP contribution in [0.15, 0.2) is 78.9 Å². The van der Waals surface area contributed by atoms with Gasteiger partial charge in [0.05, 0.1) is 17.6 Å². The Balaban J connectivity index is 1.22. The number of fused-ring (bicyclic) bond motifs is 1. The van der Waals surface area contributed by atoms with E-state index in [2.05, 4.69) is 52.0 Å². The SMILES string of the molecule is C[C@@H](CCc1ccccc1)NC(=O)C1CCN(c2nc3ccccc3n2Cc2cccc(F)c2)CC1. The molecule has 0 saturated carbocycles. The van der Waals surface area contributed by atoms with E-state index in [0.717, 1.165) is 61.3 Å². The molecule has 1 N–H and O–H groups in total. The van der Waals surface area contributed by atoms with Crippen LogP contribution in [0, 0.1) is 11.7 Å². The number of hydrogen-bond acceptors (Lipinski definition) is 3. The van der Waals surface area contributed by atoms with Crippen molar-refractivity contribution in [2.75, 3.05) is 18.0 Å². The second-order valence-electron chi connectivity index (χ2n) is 9.81. The molecule has 36 heavy (non-hydrogen) atoms. The Labute approximate surface area is 212 Å². The van der Waals surface area contributed by atoms with Crippen molar-refractivity contribution in [3.05, 3.63) is 95.8 Å². The molecule has 4 aromatic rings. The number of imidazole rings is 1. The number of benzene rings is 3. The van der Waals surface area contributed by atoms with Crippen LogP contribution in [-0.2, 0) is 17.8 Å². The van der Waals surface area contributed by atoms with Gasteiger partial charge >= 0.3 is 0 Å². The summed E-state index contributed by atoms with van der Waals surface area (Å²) < 4.78 is 16.0. The number of rotatable bonds is 8. The number of hydrogen-bond donors (Lipinski definition) is 1. The lowest BCUT2D eigenvalue weighted by atomic mass is 9.95. The maximum atomic E-state index is 13.8. The Hall–Kier alpha value is -3.67. The van der Waals surface area contributed by atoms with Crippen LogP contribution in [0.25, 0.3) is 11.0 Å². The lowest BCUT2D eigenvalue weighted by Crippen LogP contribution is -2.43. The van der Waals surface area contributed by atoms with E-state index in [4.69, 9.17) is 4.98 Å². The minimum absolute atomic E-state index is 0.0153. The summed E-state index contributed by atoms with van der Waals surface area (Å²) in [6.07, 6.45) is 3.47. The third kappa shape index (κ3) is 5.59. The molecule has 0 radical (unpaired) electrons. The highest BCUT2D eigenvalue weighted by Gasteiger charge is 2.28. The molecule has 1 saturated heterocycles. The number of carbonyl (C=O) groups is 1. The number of anilines is 1. The highest BCUT2D eigenvalue weighted by Crippen LogP contribution is 2.28. The predicted molar refractivity (Wildman–Crippen MR) is 143 cm³/mol. The molecule has 1 aliphatic heterocycles. The van der Waals surface area contributed by atoms with Crippen LogP contribution in [-0.4, -0.2) is 34.6 Å². The molecule has 186 valence electrons. The van der Waals surface area contributed by atoms with Gasteiger partial charge in [-0.1, -0.05) is 54.6 Å². The van der Waals surface area contributed by atoms with Crippen molar-refractivity contribution in [3.63, 3.8) is 0 Å². The Kier molecular flexibility index (Phi) is 7.31. The first-order valence-electron chi connectivity index (χ1n) is 12.9. The highest BCUT2D eigenvalue weighted by atomic mass is 19.1. The summed E-state index contributed by atoms with van der Waals surface area (Å²) in [7, 11) is 0. The Bertz CT molecular complexity index is 1310. The van der Waals surface area contributed by atoms with Gasteiger partial charge < -0.3 is 14.8 Å². The van der Waals surface area contributed by atoms with E-state index in [0.29, 0.717) is 6.54 Å². The van der Waals surface area contributed by atoms with Crippen LogP contribution in [0.3, 0.4) is 0 Å². The van der Waals surface area contributed by atoms with E-state index in [-0.39, 0.29) is 23.7 Å². The molecule has 0 aliphatic carbocycles. The van der Waals surface area contributed by atoms with Gasteiger partial charge in [-0.3, -0.25) is 4.79 Å². The lowest BCUT2D eigenvalue weighted by molar-refractivity contribution is -0.126. The fourth-order valence-corrected chi connectivity index (χ4v) is 5.08. The van der Waals surface area contributed by atoms with Gasteiger partial charge in [-0.25, -0.2) is 9.37 Å². The van der Waals surface area contributed by atoms with Crippen molar-refractivity contribution in [1.82, 2.24) is 14.9 Å². The van der Waals surface area contributed by atoms with Gasteiger partial charge in [0.25, 0.3) is 0 Å². The standard InChI is InChI=1S/C30H33FN4O/c1-22(14-15-23-8-3-2-4-9-23)32-29(36)25-16-18-34(19-17-25)30-33-27-12-5-6-13-28(27)35(30)21-24-10-7-11-26(31)20-24/h2-13,20,22,25H,14-19,21H2,1H3,(H,32,36)/t22-/m0/s1. The number of aryl methyl sites for hydroxylation is 1. The molecule has 6 heteroatoms. The summed E-state index contributed by atoms with van der Waals surface area (Å²) in [6, 6.07) is 25.3. The molecule has 1 aromatic heterocycles. The number of halogens is 1. The van der Waals surface area contributed by atoms with Gasteiger partial charge in [0.15, 0.2) is 0 Å². The first kappa shape index (κ1) is 24.0. The quantitative estimate of drug-likeness (QED) is 0.355. The van der Waals surface area contributed by atoms with Crippen LogP contribution in [0.5, 0.6) is 0 Å². The summed E-state index contributed by atoms with van der Waals surface area (Å²) in [5.41, 5.74) is 4.16. The highest BCUT2D eigenvalue weighted by molar-refractivity contribution is 5.80. The zero-order chi connectivity index (χ0) is 24.9. The van der Waals surface area contributed by atoms with E-state index >= 15 is 0 Å². The fraction of sp³-hybridized carbons (Fsp3) is 0.333. The smallest absolute Gasteiger partial charge is 0.223 e. The molecule has 1 fully saturated rings. The van der Waals surface area contributed by atoms with E-state index in [1.54, 1.807) is 12.1 Å². The first-order valence-corrected chi connectivity index (χ1v) is 12.9. The van der Waals surface area contributed by atoms with Crippen LogP contribution in [0.2, 0.25) is 0 Å². The molecule has 1 aliphatic rings. The minimum atomic E-state index is -0.233. The number of carbonyl (C=O) groups excluding carboxylic acids is 1. The summed E-state index contributed by atoms with van der Waals surface area (Å²) >= 11 is 0. The fourth-order valence-electron chi connectivity index (χ4n) is 5.08. The number of nitrogens with zero attached hydrogens (tertiary/aromatic N) is 3. The average molecular weight is 485 g/mol. The molecular weight excluding hydrogens is 451 g/mol. The molecule has 1 atom stereocenters. The zero-order valence-electron chi connectivity index (χ0n) is 20.7. The van der Waals surface area contributed by atoms with Gasteiger partial charge in [-0.2, -0.15) is 0 Å². The predicted octanol–water partition coefficient (Wildman–Crippen LogP) is 5.58. The second kappa shape index (κ2) is 10.9. The Morgan fingerprint density at radius 2 is 1.72 bits per heavy atom. The van der Waals surface area contributed by atoms with Crippen LogP contribution >= 0.6 is 0 Å². The van der Waals surface area contributed by atoms with Crippen molar-refractivity contribution < 1.29 is 9.18 Å². The molecule has 0 spiro atoms. The number of nitrogens with one attached hydrogen (secondary N) is 1. The number of para-hydroxylation sites is 2. The number of aromatic nitrogens is 2. The maximum absolute atomic E-state index is 13.8. The molecular formula is C30H33FN4O. The van der Waals surface area contributed by atoms with Crippen molar-refractivity contribution in [3.8, 4) is 0 Å². The van der Waals surface area contributed by atoms with Crippen molar-refractivity contribution in [2.24, 2.45) is 5.92 Å². The van der Waals surface area contributed by atoms with Crippen LogP contribution in [0.1, 0.15) is 37.3 Å². The van der Waals surface area contributed by atoms with Gasteiger partial charge in [-0.05, 0) is 68.0 Å². The monoisotopic (exact) mass is 484 g/mol. The van der Waals surface area contributed by atoms with E-state index < -0.39 is 0 Å². The molecule has 5 nitrogen and oxygen atoms in total. The summed E-state index contributed by atoms with van der Waals surface area (Å²) in [5, 5.41) is 3.23. The number of amides is 1. The molecule has 0 unspecified atom stereocenters. The van der Waals surface area contributed by atoms with Gasteiger partial charge in [0.1, 0.15) is 5.82 Å².